The summed E-state index contributed by atoms with van der Waals surface area (Å²) in [7, 11) is 0. The largest absolute Gasteiger partial charge is 0.348 e. The highest BCUT2D eigenvalue weighted by molar-refractivity contribution is 5.95. The number of rotatable bonds is 5. The number of piperidine rings is 1. The maximum absolute atomic E-state index is 13.0. The smallest absolute Gasteiger partial charge is 0.254 e. The van der Waals surface area contributed by atoms with Gasteiger partial charge in [-0.05, 0) is 43.9 Å². The molecule has 7 nitrogen and oxygen atoms in total. The van der Waals surface area contributed by atoms with Crippen LogP contribution in [0.2, 0.25) is 0 Å². The molecule has 4 rings (SSSR count). The Morgan fingerprint density at radius 1 is 1.10 bits per heavy atom. The van der Waals surface area contributed by atoms with Crippen LogP contribution in [-0.4, -0.2) is 38.2 Å². The second-order valence-electron chi connectivity index (χ2n) is 7.64. The van der Waals surface area contributed by atoms with Crippen molar-refractivity contribution in [3.05, 3.63) is 89.3 Å². The van der Waals surface area contributed by atoms with Crippen LogP contribution < -0.4 is 5.32 Å². The predicted molar refractivity (Wildman–Crippen MR) is 116 cm³/mol. The van der Waals surface area contributed by atoms with E-state index in [1.54, 1.807) is 37.6 Å². The molecule has 1 fully saturated rings. The molecule has 3 heterocycles. The van der Waals surface area contributed by atoms with E-state index in [0.29, 0.717) is 35.7 Å². The minimum absolute atomic E-state index is 0.0435. The molecule has 1 aliphatic rings. The number of hydrogen-bond acceptors (Lipinski definition) is 5. The number of pyridine rings is 1. The SMILES string of the molecule is Cc1nc([C@H]2CCCCN2C(=O)c2ccncc2)ncc1C(=O)NCc1ccccc1. The van der Waals surface area contributed by atoms with Gasteiger partial charge in [0.05, 0.1) is 17.3 Å². The van der Waals surface area contributed by atoms with Gasteiger partial charge in [-0.3, -0.25) is 14.6 Å². The molecule has 0 spiro atoms. The van der Waals surface area contributed by atoms with E-state index in [-0.39, 0.29) is 17.9 Å². The topological polar surface area (TPSA) is 88.1 Å². The molecule has 2 aromatic heterocycles. The number of hydrogen-bond donors (Lipinski definition) is 1. The van der Waals surface area contributed by atoms with E-state index in [2.05, 4.69) is 20.3 Å². The van der Waals surface area contributed by atoms with Gasteiger partial charge in [0.15, 0.2) is 5.82 Å². The van der Waals surface area contributed by atoms with Crippen molar-refractivity contribution in [3.63, 3.8) is 0 Å². The fraction of sp³-hybridized carbons (Fsp3) is 0.292. The first-order valence-corrected chi connectivity index (χ1v) is 10.5. The number of aryl methyl sites for hydroxylation is 1. The maximum atomic E-state index is 13.0. The van der Waals surface area contributed by atoms with Gasteiger partial charge < -0.3 is 10.2 Å². The molecule has 1 N–H and O–H groups in total. The molecule has 158 valence electrons. The van der Waals surface area contributed by atoms with Crippen LogP contribution in [0.25, 0.3) is 0 Å². The molecule has 1 saturated heterocycles. The number of amides is 2. The molecule has 3 aromatic rings. The third-order valence-electron chi connectivity index (χ3n) is 5.53. The highest BCUT2D eigenvalue weighted by Crippen LogP contribution is 2.30. The van der Waals surface area contributed by atoms with Crippen LogP contribution in [0.15, 0.2) is 61.1 Å². The minimum Gasteiger partial charge on any atom is -0.348 e. The zero-order valence-electron chi connectivity index (χ0n) is 17.5. The Hall–Kier alpha value is -3.61. The minimum atomic E-state index is -0.207. The van der Waals surface area contributed by atoms with E-state index in [1.165, 1.54) is 0 Å². The lowest BCUT2D eigenvalue weighted by atomic mass is 10.00. The quantitative estimate of drug-likeness (QED) is 0.689. The Morgan fingerprint density at radius 3 is 2.61 bits per heavy atom. The number of likely N-dealkylation sites (tertiary alicyclic amines) is 1. The first kappa shape index (κ1) is 20.7. The number of aromatic nitrogens is 3. The Bertz CT molecular complexity index is 1060. The fourth-order valence-corrected chi connectivity index (χ4v) is 3.85. The standard InChI is InChI=1S/C24H25N5O2/c1-17-20(23(30)27-15-18-7-3-2-4-8-18)16-26-22(28-17)21-9-5-6-14-29(21)24(31)19-10-12-25-13-11-19/h2-4,7-8,10-13,16,21H,5-6,9,14-15H2,1H3,(H,27,30)/t21-/m1/s1. The van der Waals surface area contributed by atoms with Gasteiger partial charge in [-0.2, -0.15) is 0 Å². The summed E-state index contributed by atoms with van der Waals surface area (Å²) < 4.78 is 0. The molecule has 1 aromatic carbocycles. The lowest BCUT2D eigenvalue weighted by Crippen LogP contribution is -2.39. The van der Waals surface area contributed by atoms with Crippen LogP contribution in [0.1, 0.15) is 63.1 Å². The molecule has 0 bridgehead atoms. The Labute approximate surface area is 181 Å². The third-order valence-corrected chi connectivity index (χ3v) is 5.53. The molecular formula is C24H25N5O2. The summed E-state index contributed by atoms with van der Waals surface area (Å²) in [6, 6.07) is 13.0. The zero-order valence-corrected chi connectivity index (χ0v) is 17.5. The van der Waals surface area contributed by atoms with E-state index < -0.39 is 0 Å². The van der Waals surface area contributed by atoms with Gasteiger partial charge in [-0.25, -0.2) is 9.97 Å². The second kappa shape index (κ2) is 9.47. The Kier molecular flexibility index (Phi) is 6.31. The van der Waals surface area contributed by atoms with Crippen molar-refractivity contribution in [2.75, 3.05) is 6.54 Å². The van der Waals surface area contributed by atoms with E-state index in [1.807, 2.05) is 35.2 Å². The highest BCUT2D eigenvalue weighted by atomic mass is 16.2. The van der Waals surface area contributed by atoms with E-state index in [0.717, 1.165) is 24.8 Å². The average Bonchev–Trinajstić information content (AvgIpc) is 2.83. The molecule has 2 amide bonds. The highest BCUT2D eigenvalue weighted by Gasteiger charge is 2.31. The van der Waals surface area contributed by atoms with Crippen LogP contribution in [0.4, 0.5) is 0 Å². The molecular weight excluding hydrogens is 390 g/mol. The molecule has 7 heteroatoms. The van der Waals surface area contributed by atoms with Crippen molar-refractivity contribution in [2.45, 2.75) is 38.8 Å². The molecule has 31 heavy (non-hydrogen) atoms. The van der Waals surface area contributed by atoms with Gasteiger partial charge in [0.1, 0.15) is 0 Å². The summed E-state index contributed by atoms with van der Waals surface area (Å²) >= 11 is 0. The second-order valence-corrected chi connectivity index (χ2v) is 7.64. The van der Waals surface area contributed by atoms with Crippen molar-refractivity contribution in [2.24, 2.45) is 0 Å². The maximum Gasteiger partial charge on any atom is 0.254 e. The Balaban J connectivity index is 1.50. The summed E-state index contributed by atoms with van der Waals surface area (Å²) in [5.74, 6) is 0.332. The first-order valence-electron chi connectivity index (χ1n) is 10.5. The molecule has 0 radical (unpaired) electrons. The number of carbonyl (C=O) groups is 2. The molecule has 0 aliphatic carbocycles. The van der Waals surface area contributed by atoms with E-state index >= 15 is 0 Å². The van der Waals surface area contributed by atoms with Crippen molar-refractivity contribution in [1.82, 2.24) is 25.2 Å². The molecule has 1 atom stereocenters. The monoisotopic (exact) mass is 415 g/mol. The number of benzene rings is 1. The zero-order chi connectivity index (χ0) is 21.6. The summed E-state index contributed by atoms with van der Waals surface area (Å²) in [5, 5.41) is 2.91. The lowest BCUT2D eigenvalue weighted by Gasteiger charge is -2.35. The van der Waals surface area contributed by atoms with Crippen molar-refractivity contribution in [1.29, 1.82) is 0 Å². The van der Waals surface area contributed by atoms with Gasteiger partial charge in [-0.15, -0.1) is 0 Å². The van der Waals surface area contributed by atoms with Crippen LogP contribution in [0, 0.1) is 6.92 Å². The predicted octanol–water partition coefficient (Wildman–Crippen LogP) is 3.48. The number of carbonyl (C=O) groups excluding carboxylic acids is 2. The van der Waals surface area contributed by atoms with Crippen molar-refractivity contribution >= 4 is 11.8 Å². The van der Waals surface area contributed by atoms with Crippen LogP contribution in [0.5, 0.6) is 0 Å². The van der Waals surface area contributed by atoms with Gasteiger partial charge in [0.2, 0.25) is 0 Å². The molecule has 0 unspecified atom stereocenters. The van der Waals surface area contributed by atoms with E-state index in [4.69, 9.17) is 0 Å². The van der Waals surface area contributed by atoms with Crippen LogP contribution in [-0.2, 0) is 6.54 Å². The third kappa shape index (κ3) is 4.77. The first-order chi connectivity index (χ1) is 15.1. The summed E-state index contributed by atoms with van der Waals surface area (Å²) in [5.41, 5.74) is 2.69. The lowest BCUT2D eigenvalue weighted by molar-refractivity contribution is 0.0599. The average molecular weight is 415 g/mol. The normalized spacial score (nSPS) is 16.0. The molecule has 1 aliphatic heterocycles. The van der Waals surface area contributed by atoms with Crippen molar-refractivity contribution in [3.8, 4) is 0 Å². The summed E-state index contributed by atoms with van der Waals surface area (Å²) in [6.07, 6.45) is 7.57. The van der Waals surface area contributed by atoms with Gasteiger partial charge >= 0.3 is 0 Å². The summed E-state index contributed by atoms with van der Waals surface area (Å²) in [6.45, 7) is 2.91. The van der Waals surface area contributed by atoms with Crippen LogP contribution >= 0.6 is 0 Å². The number of nitrogens with zero attached hydrogens (tertiary/aromatic N) is 4. The van der Waals surface area contributed by atoms with Crippen LogP contribution in [0.3, 0.4) is 0 Å². The van der Waals surface area contributed by atoms with Crippen molar-refractivity contribution < 1.29 is 9.59 Å². The van der Waals surface area contributed by atoms with Gasteiger partial charge in [-0.1, -0.05) is 30.3 Å². The fourth-order valence-electron chi connectivity index (χ4n) is 3.85. The van der Waals surface area contributed by atoms with Gasteiger partial charge in [0, 0.05) is 37.2 Å². The van der Waals surface area contributed by atoms with E-state index in [9.17, 15) is 9.59 Å². The molecule has 0 saturated carbocycles. The number of nitrogens with one attached hydrogen (secondary N) is 1. The summed E-state index contributed by atoms with van der Waals surface area (Å²) in [4.78, 5) is 40.6. The van der Waals surface area contributed by atoms with Gasteiger partial charge in [0.25, 0.3) is 11.8 Å². The Morgan fingerprint density at radius 2 is 1.87 bits per heavy atom.